The van der Waals surface area contributed by atoms with Gasteiger partial charge in [-0.2, -0.15) is 0 Å². The van der Waals surface area contributed by atoms with Crippen molar-refractivity contribution in [2.45, 2.75) is 6.92 Å². The van der Waals surface area contributed by atoms with Gasteiger partial charge in [0.05, 0.1) is 0 Å². The molecule has 0 aromatic heterocycles. The third-order valence-corrected chi connectivity index (χ3v) is 35.7. The molecular weight excluding hydrogens is 565 g/mol. The minimum absolute atomic E-state index is 0.516. The molecule has 2 rings (SSSR count). The summed E-state index contributed by atoms with van der Waals surface area (Å²) in [6, 6.07) is 10.7. The van der Waals surface area contributed by atoms with E-state index in [0.29, 0.717) is 6.69 Å². The average Bonchev–Trinajstić information content (AvgIpc) is 2.62. The van der Waals surface area contributed by atoms with E-state index in [1.807, 2.05) is 0 Å². The van der Waals surface area contributed by atoms with Crippen LogP contribution in [0.3, 0.4) is 0 Å². The molecule has 0 amide bonds. The van der Waals surface area contributed by atoms with Crippen LogP contribution in [0.1, 0.15) is 12.5 Å². The fourth-order valence-corrected chi connectivity index (χ4v) is 27.8. The SMILES string of the molecule is CC1=S(I(I)I)SC(c2ccccc2)=C1. The second kappa shape index (κ2) is 6.05. The minimum atomic E-state index is -0.766. The number of benzene rings is 1. The summed E-state index contributed by atoms with van der Waals surface area (Å²) in [5, 5.41) is 0. The van der Waals surface area contributed by atoms with E-state index in [4.69, 9.17) is 0 Å². The predicted molar refractivity (Wildman–Crippen MR) is 102 cm³/mol. The van der Waals surface area contributed by atoms with Gasteiger partial charge in [0.15, 0.2) is 0 Å². The summed E-state index contributed by atoms with van der Waals surface area (Å²) in [4.78, 5) is 3.06. The van der Waals surface area contributed by atoms with E-state index >= 15 is 0 Å². The molecule has 0 spiro atoms. The van der Waals surface area contributed by atoms with E-state index in [9.17, 15) is 0 Å². The van der Waals surface area contributed by atoms with Gasteiger partial charge in [0, 0.05) is 0 Å². The van der Waals surface area contributed by atoms with Gasteiger partial charge in [-0.05, 0) is 0 Å². The molecule has 0 fully saturated rings. The van der Waals surface area contributed by atoms with Crippen molar-refractivity contribution in [2.75, 3.05) is 0 Å². The van der Waals surface area contributed by atoms with Crippen LogP contribution in [0.5, 0.6) is 0 Å². The van der Waals surface area contributed by atoms with Crippen molar-refractivity contribution < 1.29 is 0 Å². The van der Waals surface area contributed by atoms with Gasteiger partial charge in [-0.3, -0.25) is 0 Å². The summed E-state index contributed by atoms with van der Waals surface area (Å²) >= 11 is 5.34. The van der Waals surface area contributed by atoms with Crippen LogP contribution >= 0.6 is 65.2 Å². The molecule has 0 radical (unpaired) electrons. The topological polar surface area (TPSA) is 0 Å². The molecule has 1 unspecified atom stereocenters. The summed E-state index contributed by atoms with van der Waals surface area (Å²) in [6.07, 6.45) is 2.38. The molecule has 82 valence electrons. The van der Waals surface area contributed by atoms with Crippen LogP contribution in [0.15, 0.2) is 36.4 Å². The van der Waals surface area contributed by atoms with Gasteiger partial charge in [-0.25, -0.2) is 0 Å². The first-order chi connectivity index (χ1) is 7.18. The van der Waals surface area contributed by atoms with Crippen molar-refractivity contribution in [3.8, 4) is 0 Å². The molecular formula is C10H9I3S2. The second-order valence-corrected chi connectivity index (χ2v) is 42.5. The summed E-state index contributed by atoms with van der Waals surface area (Å²) in [5.41, 5.74) is 1.38. The molecule has 5 heteroatoms. The molecule has 0 bridgehead atoms. The Morgan fingerprint density at radius 3 is 2.40 bits per heavy atom. The maximum absolute atomic E-state index is 2.67. The molecule has 0 saturated carbocycles. The summed E-state index contributed by atoms with van der Waals surface area (Å²) in [6.45, 7) is 2.80. The van der Waals surface area contributed by atoms with Gasteiger partial charge in [0.25, 0.3) is 0 Å². The molecule has 1 aromatic rings. The fourth-order valence-electron chi connectivity index (χ4n) is 1.25. The van der Waals surface area contributed by atoms with E-state index < -0.39 is 10.5 Å². The summed E-state index contributed by atoms with van der Waals surface area (Å²) in [7, 11) is 1.32. The van der Waals surface area contributed by atoms with Crippen molar-refractivity contribution in [3.05, 3.63) is 42.0 Å². The summed E-state index contributed by atoms with van der Waals surface area (Å²) in [5.74, 6) is 0. The van der Waals surface area contributed by atoms with Crippen LogP contribution in [-0.2, 0) is 0 Å². The molecule has 1 aliphatic rings. The Bertz CT molecular complexity index is 424. The van der Waals surface area contributed by atoms with Gasteiger partial charge >= 0.3 is 124 Å². The van der Waals surface area contributed by atoms with Gasteiger partial charge in [0.2, 0.25) is 0 Å². The summed E-state index contributed by atoms with van der Waals surface area (Å²) < 4.78 is 0. The van der Waals surface area contributed by atoms with E-state index in [2.05, 4.69) is 91.4 Å². The zero-order valence-electron chi connectivity index (χ0n) is 7.91. The van der Waals surface area contributed by atoms with Gasteiger partial charge in [-0.15, -0.1) is 0 Å². The first-order valence-corrected chi connectivity index (χ1v) is 21.9. The molecule has 15 heavy (non-hydrogen) atoms. The monoisotopic (exact) mass is 574 g/mol. The number of hydrogen-bond donors (Lipinski definition) is 0. The maximum atomic E-state index is 2.67. The Morgan fingerprint density at radius 1 is 1.20 bits per heavy atom. The molecule has 0 aliphatic carbocycles. The number of hydrogen-bond acceptors (Lipinski definition) is 1. The Morgan fingerprint density at radius 2 is 1.87 bits per heavy atom. The van der Waals surface area contributed by atoms with Crippen molar-refractivity contribution in [1.29, 1.82) is 0 Å². The third-order valence-electron chi connectivity index (χ3n) is 1.91. The van der Waals surface area contributed by atoms with Gasteiger partial charge < -0.3 is 0 Å². The van der Waals surface area contributed by atoms with Crippen molar-refractivity contribution in [3.63, 3.8) is 0 Å². The zero-order valence-corrected chi connectivity index (χ0v) is 16.0. The predicted octanol–water partition coefficient (Wildman–Crippen LogP) is 6.27. The quantitative estimate of drug-likeness (QED) is 0.228. The zero-order chi connectivity index (χ0) is 10.8. The van der Waals surface area contributed by atoms with E-state index in [0.717, 1.165) is 0 Å². The standard InChI is InChI=1S/C10H9I3S2/c1-8-7-10(14-15(8)13(11)12)9-5-3-2-4-6-9/h2-7H,1H3. The van der Waals surface area contributed by atoms with Crippen LogP contribution in [0.4, 0.5) is 0 Å². The number of rotatable bonds is 2. The normalized spacial score (nSPS) is 21.5. The first kappa shape index (κ1) is 13.2. The number of allylic oxidation sites excluding steroid dienone is 1. The van der Waals surface area contributed by atoms with Crippen molar-refractivity contribution in [1.82, 2.24) is 0 Å². The molecule has 0 saturated heterocycles. The number of halogens is 3. The molecule has 0 nitrogen and oxygen atoms in total. The van der Waals surface area contributed by atoms with Crippen LogP contribution in [-0.4, -0.2) is 4.86 Å². The van der Waals surface area contributed by atoms with E-state index in [1.165, 1.54) is 10.5 Å². The molecule has 0 N–H and O–H groups in total. The van der Waals surface area contributed by atoms with Crippen LogP contribution < -0.4 is 0 Å². The fraction of sp³-hybridized carbons (Fsp3) is 0.100. The van der Waals surface area contributed by atoms with Crippen LogP contribution in [0.25, 0.3) is 4.91 Å². The Balaban J connectivity index is 2.23. The second-order valence-electron chi connectivity index (χ2n) is 2.96. The average molecular weight is 574 g/mol. The molecule has 1 heterocycles. The third kappa shape index (κ3) is 3.35. The molecule has 1 aromatic carbocycles. The molecule has 1 aliphatic heterocycles. The Labute approximate surface area is 122 Å². The van der Waals surface area contributed by atoms with E-state index in [1.54, 1.807) is 4.86 Å². The Kier molecular flexibility index (Phi) is 5.31. The van der Waals surface area contributed by atoms with Crippen molar-refractivity contribution >= 4 is 75.0 Å². The van der Waals surface area contributed by atoms with Crippen LogP contribution in [0.2, 0.25) is 0 Å². The van der Waals surface area contributed by atoms with Gasteiger partial charge in [-0.1, -0.05) is 0 Å². The van der Waals surface area contributed by atoms with Crippen molar-refractivity contribution in [2.24, 2.45) is 0 Å². The Hall–Kier alpha value is 1.72. The van der Waals surface area contributed by atoms with Crippen LogP contribution in [0, 0.1) is 0 Å². The first-order valence-electron chi connectivity index (χ1n) is 4.25. The van der Waals surface area contributed by atoms with Gasteiger partial charge in [0.1, 0.15) is 0 Å². The molecule has 1 atom stereocenters. The van der Waals surface area contributed by atoms with E-state index in [-0.39, 0.29) is 0 Å².